The summed E-state index contributed by atoms with van der Waals surface area (Å²) in [4.78, 5) is 0. The Morgan fingerprint density at radius 3 is 1.79 bits per heavy atom. The first-order valence-corrected chi connectivity index (χ1v) is 6.60. The monoisotopic (exact) mass is 248 g/mol. The molecule has 1 nitrogen and oxygen atoms in total. The van der Waals surface area contributed by atoms with Crippen molar-refractivity contribution in [3.8, 4) is 0 Å². The van der Waals surface area contributed by atoms with Crippen molar-refractivity contribution in [2.75, 3.05) is 0 Å². The maximum Gasteiger partial charge on any atom is 0.0378 e. The molecule has 0 atom stereocenters. The van der Waals surface area contributed by atoms with Gasteiger partial charge in [0.2, 0.25) is 0 Å². The van der Waals surface area contributed by atoms with Crippen molar-refractivity contribution in [3.63, 3.8) is 0 Å². The maximum atomic E-state index is 9.29. The van der Waals surface area contributed by atoms with Gasteiger partial charge in [0.25, 0.3) is 0 Å². The van der Waals surface area contributed by atoms with Crippen molar-refractivity contribution in [3.05, 3.63) is 77.9 Å². The Labute approximate surface area is 115 Å². The van der Waals surface area contributed by atoms with Crippen LogP contribution < -0.4 is 5.41 Å². The predicted octanol–water partition coefficient (Wildman–Crippen LogP) is 4.16. The molecule has 0 N–H and O–H groups in total. The average Bonchev–Trinajstić information content (AvgIpc) is 2.45. The fraction of sp³-hybridized carbons (Fsp3) is 0.167. The van der Waals surface area contributed by atoms with Crippen molar-refractivity contribution >= 4 is 11.3 Å². The molecule has 1 radical (unpaired) electrons. The van der Waals surface area contributed by atoms with Gasteiger partial charge in [-0.1, -0.05) is 66.7 Å². The highest BCUT2D eigenvalue weighted by molar-refractivity contribution is 5.82. The van der Waals surface area contributed by atoms with Crippen LogP contribution >= 0.6 is 0 Å². The van der Waals surface area contributed by atoms with E-state index in [0.717, 1.165) is 6.42 Å². The minimum Gasteiger partial charge on any atom is -0.160 e. The molecule has 0 saturated heterocycles. The van der Waals surface area contributed by atoms with Gasteiger partial charge in [-0.05, 0) is 36.5 Å². The summed E-state index contributed by atoms with van der Waals surface area (Å²) in [6, 6.07) is 20.7. The van der Waals surface area contributed by atoms with Gasteiger partial charge in [-0.2, -0.15) is 5.41 Å². The third kappa shape index (κ3) is 3.92. The van der Waals surface area contributed by atoms with Crippen LogP contribution in [0.25, 0.3) is 5.57 Å². The van der Waals surface area contributed by atoms with Crippen LogP contribution in [0.1, 0.15) is 30.9 Å². The van der Waals surface area contributed by atoms with Gasteiger partial charge in [0, 0.05) is 5.71 Å². The highest BCUT2D eigenvalue weighted by Gasteiger charge is 2.03. The molecule has 0 bridgehead atoms. The lowest BCUT2D eigenvalue weighted by atomic mass is 9.96. The van der Waals surface area contributed by atoms with E-state index < -0.39 is 0 Å². The molecule has 95 valence electrons. The van der Waals surface area contributed by atoms with E-state index in [0.29, 0.717) is 12.1 Å². The molecular formula is C18H18N. The van der Waals surface area contributed by atoms with E-state index in [2.05, 4.69) is 54.6 Å². The van der Waals surface area contributed by atoms with E-state index in [1.165, 1.54) is 16.7 Å². The lowest BCUT2D eigenvalue weighted by Crippen LogP contribution is -1.92. The van der Waals surface area contributed by atoms with Crippen molar-refractivity contribution in [1.29, 1.82) is 0 Å². The summed E-state index contributed by atoms with van der Waals surface area (Å²) in [5, 5.41) is 9.29. The van der Waals surface area contributed by atoms with Crippen molar-refractivity contribution in [2.45, 2.75) is 19.8 Å². The molecule has 0 aliphatic rings. The van der Waals surface area contributed by atoms with Gasteiger partial charge in [-0.15, -0.1) is 0 Å². The third-order valence-electron chi connectivity index (χ3n) is 3.02. The quantitative estimate of drug-likeness (QED) is 0.709. The van der Waals surface area contributed by atoms with Gasteiger partial charge < -0.3 is 0 Å². The first kappa shape index (κ1) is 13.3. The molecule has 0 heterocycles. The number of benzene rings is 2. The van der Waals surface area contributed by atoms with Crippen LogP contribution in [-0.4, -0.2) is 5.71 Å². The Kier molecular flexibility index (Phi) is 4.68. The highest BCUT2D eigenvalue weighted by Crippen LogP contribution is 2.23. The van der Waals surface area contributed by atoms with Crippen LogP contribution in [0.15, 0.2) is 66.7 Å². The topological polar surface area (TPSA) is 22.3 Å². The smallest absolute Gasteiger partial charge is 0.0378 e. The number of allylic oxidation sites excluding steroid dienone is 1. The molecule has 0 aliphatic heterocycles. The fourth-order valence-electron chi connectivity index (χ4n) is 2.06. The zero-order valence-electron chi connectivity index (χ0n) is 11.2. The molecule has 2 rings (SSSR count). The standard InChI is InChI=1S/C18H18N/c1-15(19)9-8-14-18(16-10-4-2-5-11-16)17-12-6-3-7-13-17/h2-7,10-14H,8-9H2,1H3. The zero-order chi connectivity index (χ0) is 13.5. The summed E-state index contributed by atoms with van der Waals surface area (Å²) in [6.45, 7) is 1.75. The van der Waals surface area contributed by atoms with E-state index >= 15 is 0 Å². The predicted molar refractivity (Wildman–Crippen MR) is 82.0 cm³/mol. The molecule has 0 spiro atoms. The average molecular weight is 248 g/mol. The van der Waals surface area contributed by atoms with Crippen LogP contribution in [0.4, 0.5) is 0 Å². The minimum atomic E-state index is 0.483. The second kappa shape index (κ2) is 6.69. The van der Waals surface area contributed by atoms with E-state index in [1.54, 1.807) is 6.92 Å². The van der Waals surface area contributed by atoms with Crippen LogP contribution in [0.2, 0.25) is 0 Å². The Bertz CT molecular complexity index is 511. The summed E-state index contributed by atoms with van der Waals surface area (Å²) >= 11 is 0. The largest absolute Gasteiger partial charge is 0.160 e. The van der Waals surface area contributed by atoms with E-state index in [9.17, 15) is 5.41 Å². The summed E-state index contributed by atoms with van der Waals surface area (Å²) in [5.74, 6) is 0. The van der Waals surface area contributed by atoms with Gasteiger partial charge in [-0.3, -0.25) is 0 Å². The summed E-state index contributed by atoms with van der Waals surface area (Å²) in [7, 11) is 0. The normalized spacial score (nSPS) is 9.95. The van der Waals surface area contributed by atoms with Gasteiger partial charge >= 0.3 is 0 Å². The van der Waals surface area contributed by atoms with Crippen molar-refractivity contribution in [2.24, 2.45) is 0 Å². The molecule has 2 aromatic carbocycles. The van der Waals surface area contributed by atoms with Crippen LogP contribution in [0, 0.1) is 0 Å². The van der Waals surface area contributed by atoms with Gasteiger partial charge in [-0.25, -0.2) is 0 Å². The van der Waals surface area contributed by atoms with E-state index in [4.69, 9.17) is 0 Å². The third-order valence-corrected chi connectivity index (χ3v) is 3.02. The summed E-state index contributed by atoms with van der Waals surface area (Å²) in [6.07, 6.45) is 3.76. The lowest BCUT2D eigenvalue weighted by Gasteiger charge is -2.08. The number of nitrogens with zero attached hydrogens (tertiary/aromatic N) is 1. The summed E-state index contributed by atoms with van der Waals surface area (Å²) < 4.78 is 0. The Morgan fingerprint density at radius 1 is 0.895 bits per heavy atom. The fourth-order valence-corrected chi connectivity index (χ4v) is 2.06. The number of hydrogen-bond acceptors (Lipinski definition) is 0. The molecule has 2 aromatic rings. The SMILES string of the molecule is CC(=[N])CCC=C(c1ccccc1)c1ccccc1. The van der Waals surface area contributed by atoms with Crippen LogP contribution in [0.5, 0.6) is 0 Å². The molecule has 0 aliphatic carbocycles. The Hall–Kier alpha value is -2.15. The van der Waals surface area contributed by atoms with E-state index in [1.807, 2.05) is 12.1 Å². The Morgan fingerprint density at radius 2 is 1.37 bits per heavy atom. The molecule has 0 amide bonds. The maximum absolute atomic E-state index is 9.29. The van der Waals surface area contributed by atoms with Gasteiger partial charge in [0.1, 0.15) is 0 Å². The van der Waals surface area contributed by atoms with Gasteiger partial charge in [0.15, 0.2) is 0 Å². The van der Waals surface area contributed by atoms with E-state index in [-0.39, 0.29) is 0 Å². The summed E-state index contributed by atoms with van der Waals surface area (Å²) in [5.41, 5.74) is 4.13. The first-order valence-electron chi connectivity index (χ1n) is 6.60. The second-order valence-corrected chi connectivity index (χ2v) is 4.62. The number of hydrogen-bond donors (Lipinski definition) is 0. The molecule has 0 aromatic heterocycles. The lowest BCUT2D eigenvalue weighted by molar-refractivity contribution is 1.09. The minimum absolute atomic E-state index is 0.483. The van der Waals surface area contributed by atoms with Crippen LogP contribution in [-0.2, 0) is 0 Å². The zero-order valence-corrected chi connectivity index (χ0v) is 11.2. The number of rotatable bonds is 5. The van der Waals surface area contributed by atoms with Crippen molar-refractivity contribution < 1.29 is 0 Å². The molecule has 19 heavy (non-hydrogen) atoms. The van der Waals surface area contributed by atoms with Gasteiger partial charge in [0.05, 0.1) is 0 Å². The van der Waals surface area contributed by atoms with Crippen molar-refractivity contribution in [1.82, 2.24) is 5.41 Å². The molecule has 0 unspecified atom stereocenters. The molecular weight excluding hydrogens is 230 g/mol. The van der Waals surface area contributed by atoms with Crippen LogP contribution in [0.3, 0.4) is 0 Å². The molecule has 0 fully saturated rings. The highest BCUT2D eigenvalue weighted by atomic mass is 14.4. The molecule has 0 saturated carbocycles. The Balaban J connectivity index is 2.31. The second-order valence-electron chi connectivity index (χ2n) is 4.62. The first-order chi connectivity index (χ1) is 9.27. The molecule has 1 heteroatoms.